The fourth-order valence-corrected chi connectivity index (χ4v) is 0.918. The van der Waals surface area contributed by atoms with E-state index in [0.29, 0.717) is 13.0 Å². The van der Waals surface area contributed by atoms with Crippen molar-refractivity contribution in [1.29, 1.82) is 0 Å². The summed E-state index contributed by atoms with van der Waals surface area (Å²) in [5, 5.41) is 9.80. The molecule has 0 rings (SSSR count). The summed E-state index contributed by atoms with van der Waals surface area (Å²) < 4.78 is 5.22. The van der Waals surface area contributed by atoms with Gasteiger partial charge in [0.2, 0.25) is 0 Å². The summed E-state index contributed by atoms with van der Waals surface area (Å²) in [4.78, 5) is 0. The number of rotatable bonds is 5. The topological polar surface area (TPSA) is 29.5 Å². The summed E-state index contributed by atoms with van der Waals surface area (Å²) in [6, 6.07) is 0. The molecule has 2 nitrogen and oxygen atoms in total. The van der Waals surface area contributed by atoms with Crippen molar-refractivity contribution in [1.82, 2.24) is 0 Å². The molecule has 0 saturated carbocycles. The van der Waals surface area contributed by atoms with Gasteiger partial charge in [-0.25, -0.2) is 0 Å². The number of aliphatic hydroxyl groups is 1. The molecular weight excluding hydrogens is 140 g/mol. The van der Waals surface area contributed by atoms with E-state index in [1.807, 2.05) is 20.8 Å². The molecule has 1 atom stereocenters. The summed E-state index contributed by atoms with van der Waals surface area (Å²) in [6.07, 6.45) is 2.16. The first-order valence-corrected chi connectivity index (χ1v) is 4.04. The quantitative estimate of drug-likeness (QED) is 0.489. The van der Waals surface area contributed by atoms with E-state index in [4.69, 9.17) is 4.74 Å². The zero-order chi connectivity index (χ0) is 8.91. The molecule has 0 aromatic rings. The van der Waals surface area contributed by atoms with Gasteiger partial charge in [-0.2, -0.15) is 0 Å². The zero-order valence-electron chi connectivity index (χ0n) is 7.63. The summed E-state index contributed by atoms with van der Waals surface area (Å²) in [5.41, 5.74) is 0. The SMILES string of the molecule is C=CCC(O)(OCC)C(C)C. The minimum absolute atomic E-state index is 0.0976. The lowest BCUT2D eigenvalue weighted by Gasteiger charge is -2.30. The molecule has 66 valence electrons. The van der Waals surface area contributed by atoms with Crippen molar-refractivity contribution >= 4 is 0 Å². The molecular formula is C9H18O2. The Morgan fingerprint density at radius 2 is 2.18 bits per heavy atom. The van der Waals surface area contributed by atoms with Crippen LogP contribution in [0.3, 0.4) is 0 Å². The Morgan fingerprint density at radius 1 is 1.64 bits per heavy atom. The molecule has 0 aromatic heterocycles. The smallest absolute Gasteiger partial charge is 0.171 e. The molecule has 0 fully saturated rings. The Morgan fingerprint density at radius 3 is 2.45 bits per heavy atom. The van der Waals surface area contributed by atoms with Crippen LogP contribution in [0.5, 0.6) is 0 Å². The normalized spacial score (nSPS) is 16.5. The standard InChI is InChI=1S/C9H18O2/c1-5-7-9(10,8(3)4)11-6-2/h5,8,10H,1,6-7H2,2-4H3. The molecule has 0 aliphatic rings. The predicted octanol–water partition coefficient (Wildman–Crippen LogP) is 1.94. The highest BCUT2D eigenvalue weighted by Gasteiger charge is 2.29. The fourth-order valence-electron chi connectivity index (χ4n) is 0.918. The van der Waals surface area contributed by atoms with E-state index in [0.717, 1.165) is 0 Å². The van der Waals surface area contributed by atoms with E-state index >= 15 is 0 Å². The molecule has 0 heterocycles. The van der Waals surface area contributed by atoms with E-state index in [9.17, 15) is 5.11 Å². The van der Waals surface area contributed by atoms with Crippen LogP contribution in [0.15, 0.2) is 12.7 Å². The van der Waals surface area contributed by atoms with Crippen LogP contribution in [0.1, 0.15) is 27.2 Å². The van der Waals surface area contributed by atoms with Gasteiger partial charge in [0, 0.05) is 18.9 Å². The number of ether oxygens (including phenoxy) is 1. The van der Waals surface area contributed by atoms with Crippen molar-refractivity contribution in [2.45, 2.75) is 33.0 Å². The van der Waals surface area contributed by atoms with Gasteiger partial charge in [0.05, 0.1) is 0 Å². The number of hydrogen-bond acceptors (Lipinski definition) is 2. The molecule has 0 saturated heterocycles. The third kappa shape index (κ3) is 3.04. The zero-order valence-corrected chi connectivity index (χ0v) is 7.63. The maximum atomic E-state index is 9.80. The molecule has 0 amide bonds. The largest absolute Gasteiger partial charge is 0.365 e. The van der Waals surface area contributed by atoms with Gasteiger partial charge in [0.15, 0.2) is 5.79 Å². The summed E-state index contributed by atoms with van der Waals surface area (Å²) in [7, 11) is 0. The van der Waals surface area contributed by atoms with Crippen LogP contribution >= 0.6 is 0 Å². The van der Waals surface area contributed by atoms with Crippen molar-refractivity contribution in [3.63, 3.8) is 0 Å². The van der Waals surface area contributed by atoms with E-state index < -0.39 is 5.79 Å². The van der Waals surface area contributed by atoms with Crippen molar-refractivity contribution in [2.24, 2.45) is 5.92 Å². The lowest BCUT2D eigenvalue weighted by molar-refractivity contribution is -0.225. The van der Waals surface area contributed by atoms with Gasteiger partial charge in [-0.05, 0) is 6.92 Å². The van der Waals surface area contributed by atoms with Gasteiger partial charge in [0.25, 0.3) is 0 Å². The van der Waals surface area contributed by atoms with Crippen molar-refractivity contribution < 1.29 is 9.84 Å². The van der Waals surface area contributed by atoms with Crippen molar-refractivity contribution in [2.75, 3.05) is 6.61 Å². The third-order valence-electron chi connectivity index (χ3n) is 1.73. The maximum absolute atomic E-state index is 9.80. The first kappa shape index (κ1) is 10.7. The highest BCUT2D eigenvalue weighted by Crippen LogP contribution is 2.22. The molecule has 0 bridgehead atoms. The Balaban J connectivity index is 4.12. The third-order valence-corrected chi connectivity index (χ3v) is 1.73. The average molecular weight is 158 g/mol. The van der Waals surface area contributed by atoms with Crippen LogP contribution in [0.4, 0.5) is 0 Å². The van der Waals surface area contributed by atoms with E-state index in [2.05, 4.69) is 6.58 Å². The molecule has 2 heteroatoms. The minimum atomic E-state index is -1.02. The highest BCUT2D eigenvalue weighted by atomic mass is 16.6. The van der Waals surface area contributed by atoms with Gasteiger partial charge in [-0.3, -0.25) is 0 Å². The second-order valence-electron chi connectivity index (χ2n) is 2.93. The highest BCUT2D eigenvalue weighted by molar-refractivity contribution is 4.81. The average Bonchev–Trinajstić information content (AvgIpc) is 1.88. The van der Waals surface area contributed by atoms with Crippen LogP contribution in [0.25, 0.3) is 0 Å². The Hall–Kier alpha value is -0.340. The Bertz CT molecular complexity index is 121. The van der Waals surface area contributed by atoms with Crippen molar-refractivity contribution in [3.05, 3.63) is 12.7 Å². The lowest BCUT2D eigenvalue weighted by atomic mass is 9.99. The van der Waals surface area contributed by atoms with Crippen LogP contribution in [-0.2, 0) is 4.74 Å². The Labute approximate surface area is 68.9 Å². The van der Waals surface area contributed by atoms with Crippen LogP contribution < -0.4 is 0 Å². The lowest BCUT2D eigenvalue weighted by Crippen LogP contribution is -2.37. The van der Waals surface area contributed by atoms with Crippen molar-refractivity contribution in [3.8, 4) is 0 Å². The van der Waals surface area contributed by atoms with Gasteiger partial charge < -0.3 is 9.84 Å². The second kappa shape index (κ2) is 4.52. The molecule has 11 heavy (non-hydrogen) atoms. The predicted molar refractivity (Wildman–Crippen MR) is 46.2 cm³/mol. The molecule has 0 radical (unpaired) electrons. The first-order chi connectivity index (χ1) is 5.06. The van der Waals surface area contributed by atoms with E-state index in [-0.39, 0.29) is 5.92 Å². The monoisotopic (exact) mass is 158 g/mol. The molecule has 0 aliphatic carbocycles. The molecule has 0 spiro atoms. The number of hydrogen-bond donors (Lipinski definition) is 1. The molecule has 0 aromatic carbocycles. The minimum Gasteiger partial charge on any atom is -0.365 e. The van der Waals surface area contributed by atoms with E-state index in [1.54, 1.807) is 6.08 Å². The summed E-state index contributed by atoms with van der Waals surface area (Å²) in [6.45, 7) is 9.83. The van der Waals surface area contributed by atoms with E-state index in [1.165, 1.54) is 0 Å². The van der Waals surface area contributed by atoms with Gasteiger partial charge >= 0.3 is 0 Å². The van der Waals surface area contributed by atoms with Crippen LogP contribution in [0, 0.1) is 5.92 Å². The molecule has 1 N–H and O–H groups in total. The van der Waals surface area contributed by atoms with Gasteiger partial charge in [0.1, 0.15) is 0 Å². The summed E-state index contributed by atoms with van der Waals surface area (Å²) >= 11 is 0. The fraction of sp³-hybridized carbons (Fsp3) is 0.778. The first-order valence-electron chi connectivity index (χ1n) is 4.04. The van der Waals surface area contributed by atoms with Gasteiger partial charge in [-0.15, -0.1) is 6.58 Å². The maximum Gasteiger partial charge on any atom is 0.171 e. The molecule has 0 aliphatic heterocycles. The molecule has 1 unspecified atom stereocenters. The summed E-state index contributed by atoms with van der Waals surface area (Å²) in [5.74, 6) is -0.920. The van der Waals surface area contributed by atoms with Gasteiger partial charge in [-0.1, -0.05) is 19.9 Å². The Kier molecular flexibility index (Phi) is 4.38. The second-order valence-corrected chi connectivity index (χ2v) is 2.93. The van der Waals surface area contributed by atoms with Crippen LogP contribution in [0.2, 0.25) is 0 Å². The van der Waals surface area contributed by atoms with Crippen LogP contribution in [-0.4, -0.2) is 17.5 Å².